The van der Waals surface area contributed by atoms with Crippen molar-refractivity contribution in [3.63, 3.8) is 0 Å². The number of aryl methyl sites for hydroxylation is 1. The minimum absolute atomic E-state index is 0.388. The fourth-order valence-corrected chi connectivity index (χ4v) is 2.01. The van der Waals surface area contributed by atoms with Crippen LogP contribution in [0.5, 0.6) is 0 Å². The van der Waals surface area contributed by atoms with Crippen molar-refractivity contribution in [2.24, 2.45) is 5.92 Å². The zero-order valence-corrected chi connectivity index (χ0v) is 11.1. The highest BCUT2D eigenvalue weighted by Crippen LogP contribution is 2.17. The minimum Gasteiger partial charge on any atom is -0.386 e. The van der Waals surface area contributed by atoms with Crippen LogP contribution in [-0.2, 0) is 4.74 Å². The van der Waals surface area contributed by atoms with E-state index in [2.05, 4.69) is 13.8 Å². The van der Waals surface area contributed by atoms with Crippen molar-refractivity contribution in [1.82, 2.24) is 0 Å². The maximum atomic E-state index is 10.0. The number of aliphatic hydroxyl groups excluding tert-OH is 1. The Bertz CT molecular complexity index is 322. The van der Waals surface area contributed by atoms with Gasteiger partial charge in [0.15, 0.2) is 0 Å². The zero-order chi connectivity index (χ0) is 12.7. The Labute approximate surface area is 105 Å². The molecule has 2 heteroatoms. The molecule has 2 unspecified atom stereocenters. The average molecular weight is 236 g/mol. The lowest BCUT2D eigenvalue weighted by Crippen LogP contribution is -2.12. The molecule has 1 aromatic carbocycles. The van der Waals surface area contributed by atoms with Gasteiger partial charge in [0.1, 0.15) is 6.10 Å². The van der Waals surface area contributed by atoms with Crippen LogP contribution < -0.4 is 0 Å². The molecule has 17 heavy (non-hydrogen) atoms. The van der Waals surface area contributed by atoms with Crippen LogP contribution in [0.3, 0.4) is 0 Å². The van der Waals surface area contributed by atoms with Gasteiger partial charge in [-0.3, -0.25) is 0 Å². The Morgan fingerprint density at radius 1 is 1.24 bits per heavy atom. The summed E-state index contributed by atoms with van der Waals surface area (Å²) in [5.41, 5.74) is 2.08. The van der Waals surface area contributed by atoms with E-state index >= 15 is 0 Å². The Balaban J connectivity index is 2.35. The molecule has 0 spiro atoms. The van der Waals surface area contributed by atoms with Gasteiger partial charge in [0.05, 0.1) is 6.61 Å². The van der Waals surface area contributed by atoms with Crippen molar-refractivity contribution in [3.05, 3.63) is 35.4 Å². The van der Waals surface area contributed by atoms with Gasteiger partial charge in [0, 0.05) is 6.61 Å². The molecule has 0 aromatic heterocycles. The predicted molar refractivity (Wildman–Crippen MR) is 71.0 cm³/mol. The van der Waals surface area contributed by atoms with E-state index in [9.17, 15) is 5.11 Å². The monoisotopic (exact) mass is 236 g/mol. The van der Waals surface area contributed by atoms with Crippen LogP contribution >= 0.6 is 0 Å². The van der Waals surface area contributed by atoms with Crippen molar-refractivity contribution in [1.29, 1.82) is 0 Å². The summed E-state index contributed by atoms with van der Waals surface area (Å²) in [5.74, 6) is 0.573. The number of benzene rings is 1. The first-order chi connectivity index (χ1) is 8.15. The van der Waals surface area contributed by atoms with Crippen molar-refractivity contribution < 1.29 is 9.84 Å². The van der Waals surface area contributed by atoms with E-state index in [1.165, 1.54) is 12.8 Å². The summed E-state index contributed by atoms with van der Waals surface area (Å²) in [4.78, 5) is 0. The molecule has 0 bridgehead atoms. The van der Waals surface area contributed by atoms with E-state index in [4.69, 9.17) is 4.74 Å². The average Bonchev–Trinajstić information content (AvgIpc) is 2.29. The standard InChI is InChI=1S/C15H24O2/c1-4-7-12(2)10-17-11-15(16)14-9-6-5-8-13(14)3/h5-6,8-9,12,15-16H,4,7,10-11H2,1-3H3. The number of rotatable bonds is 7. The highest BCUT2D eigenvalue weighted by molar-refractivity contribution is 5.27. The fraction of sp³-hybridized carbons (Fsp3) is 0.600. The van der Waals surface area contributed by atoms with Gasteiger partial charge in [0.2, 0.25) is 0 Å². The smallest absolute Gasteiger partial charge is 0.103 e. The van der Waals surface area contributed by atoms with Crippen LogP contribution in [-0.4, -0.2) is 18.3 Å². The normalized spacial score (nSPS) is 14.6. The first-order valence-electron chi connectivity index (χ1n) is 6.46. The van der Waals surface area contributed by atoms with E-state index in [-0.39, 0.29) is 0 Å². The Hall–Kier alpha value is -0.860. The second kappa shape index (κ2) is 7.46. The molecular formula is C15H24O2. The van der Waals surface area contributed by atoms with E-state index in [0.717, 1.165) is 17.7 Å². The van der Waals surface area contributed by atoms with Gasteiger partial charge in [-0.1, -0.05) is 44.5 Å². The molecule has 0 saturated carbocycles. The summed E-state index contributed by atoms with van der Waals surface area (Å²) in [6, 6.07) is 7.90. The first-order valence-corrected chi connectivity index (χ1v) is 6.46. The topological polar surface area (TPSA) is 29.5 Å². The first kappa shape index (κ1) is 14.2. The van der Waals surface area contributed by atoms with Crippen LogP contribution in [0.4, 0.5) is 0 Å². The number of hydrogen-bond donors (Lipinski definition) is 1. The maximum absolute atomic E-state index is 10.0. The SMILES string of the molecule is CCCC(C)COCC(O)c1ccccc1C. The molecule has 0 aliphatic heterocycles. The quantitative estimate of drug-likeness (QED) is 0.785. The van der Waals surface area contributed by atoms with Crippen molar-refractivity contribution in [2.45, 2.75) is 39.7 Å². The van der Waals surface area contributed by atoms with Crippen LogP contribution in [0.1, 0.15) is 43.9 Å². The molecular weight excluding hydrogens is 212 g/mol. The molecule has 0 aliphatic carbocycles. The second-order valence-corrected chi connectivity index (χ2v) is 4.80. The summed E-state index contributed by atoms with van der Waals surface area (Å²) in [6.07, 6.45) is 1.86. The predicted octanol–water partition coefficient (Wildman–Crippen LogP) is 3.48. The van der Waals surface area contributed by atoms with Gasteiger partial charge in [0.25, 0.3) is 0 Å². The lowest BCUT2D eigenvalue weighted by molar-refractivity contribution is 0.0212. The van der Waals surface area contributed by atoms with Gasteiger partial charge in [-0.15, -0.1) is 0 Å². The zero-order valence-electron chi connectivity index (χ0n) is 11.1. The third-order valence-corrected chi connectivity index (χ3v) is 3.01. The lowest BCUT2D eigenvalue weighted by Gasteiger charge is -2.16. The summed E-state index contributed by atoms with van der Waals surface area (Å²) in [7, 11) is 0. The highest BCUT2D eigenvalue weighted by Gasteiger charge is 2.10. The Morgan fingerprint density at radius 3 is 2.59 bits per heavy atom. The molecule has 96 valence electrons. The highest BCUT2D eigenvalue weighted by atomic mass is 16.5. The van der Waals surface area contributed by atoms with Crippen molar-refractivity contribution >= 4 is 0 Å². The maximum Gasteiger partial charge on any atom is 0.103 e. The van der Waals surface area contributed by atoms with Crippen molar-refractivity contribution in [2.75, 3.05) is 13.2 Å². The molecule has 2 nitrogen and oxygen atoms in total. The second-order valence-electron chi connectivity index (χ2n) is 4.80. The number of ether oxygens (including phenoxy) is 1. The van der Waals surface area contributed by atoms with E-state index in [1.54, 1.807) is 0 Å². The lowest BCUT2D eigenvalue weighted by atomic mass is 10.0. The van der Waals surface area contributed by atoms with Crippen LogP contribution in [0, 0.1) is 12.8 Å². The number of aliphatic hydroxyl groups is 1. The summed E-state index contributed by atoms with van der Waals surface area (Å²) in [5, 5.41) is 10.0. The van der Waals surface area contributed by atoms with Gasteiger partial charge >= 0.3 is 0 Å². The van der Waals surface area contributed by atoms with Crippen LogP contribution in [0.15, 0.2) is 24.3 Å². The molecule has 0 aliphatic rings. The van der Waals surface area contributed by atoms with Gasteiger partial charge < -0.3 is 9.84 Å². The molecule has 1 N–H and O–H groups in total. The molecule has 0 radical (unpaired) electrons. The molecule has 1 aromatic rings. The fourth-order valence-electron chi connectivity index (χ4n) is 2.01. The largest absolute Gasteiger partial charge is 0.386 e. The van der Waals surface area contributed by atoms with Gasteiger partial charge in [-0.2, -0.15) is 0 Å². The molecule has 2 atom stereocenters. The molecule has 0 heterocycles. The minimum atomic E-state index is -0.509. The third kappa shape index (κ3) is 4.88. The van der Waals surface area contributed by atoms with E-state index < -0.39 is 6.10 Å². The molecule has 0 fully saturated rings. The van der Waals surface area contributed by atoms with Crippen LogP contribution in [0.2, 0.25) is 0 Å². The molecule has 0 amide bonds. The molecule has 1 rings (SSSR count). The van der Waals surface area contributed by atoms with Crippen molar-refractivity contribution in [3.8, 4) is 0 Å². The summed E-state index contributed by atoms with van der Waals surface area (Å²) >= 11 is 0. The number of hydrogen-bond acceptors (Lipinski definition) is 2. The van der Waals surface area contributed by atoms with Gasteiger partial charge in [-0.25, -0.2) is 0 Å². The summed E-state index contributed by atoms with van der Waals surface area (Å²) < 4.78 is 5.57. The Morgan fingerprint density at radius 2 is 1.94 bits per heavy atom. The van der Waals surface area contributed by atoms with Gasteiger partial charge in [-0.05, 0) is 30.4 Å². The van der Waals surface area contributed by atoms with Crippen LogP contribution in [0.25, 0.3) is 0 Å². The van der Waals surface area contributed by atoms with E-state index in [0.29, 0.717) is 12.5 Å². The molecule has 0 saturated heterocycles. The Kier molecular flexibility index (Phi) is 6.23. The van der Waals surface area contributed by atoms with E-state index in [1.807, 2.05) is 31.2 Å². The third-order valence-electron chi connectivity index (χ3n) is 3.01. The summed E-state index contributed by atoms with van der Waals surface area (Å²) in [6.45, 7) is 7.50.